The van der Waals surface area contributed by atoms with Gasteiger partial charge in [-0.2, -0.15) is 0 Å². The number of hydrogen-bond donors (Lipinski definition) is 1. The number of hydrogen-bond acceptors (Lipinski definition) is 1. The van der Waals surface area contributed by atoms with Crippen molar-refractivity contribution in [3.8, 4) is 0 Å². The van der Waals surface area contributed by atoms with Gasteiger partial charge in [-0.05, 0) is 6.42 Å². The third-order valence-corrected chi connectivity index (χ3v) is 5.49. The Balaban J connectivity index is 0. The summed E-state index contributed by atoms with van der Waals surface area (Å²) in [6.45, 7) is 2.29. The molecule has 0 aromatic heterocycles. The molecule has 0 amide bonds. The molecule has 2 nitrogen and oxygen atoms in total. The molecule has 2 heteroatoms. The van der Waals surface area contributed by atoms with Gasteiger partial charge in [0.2, 0.25) is 0 Å². The molecule has 0 bridgehead atoms. The van der Waals surface area contributed by atoms with E-state index in [4.69, 9.17) is 5.11 Å². The predicted molar refractivity (Wildman–Crippen MR) is 122 cm³/mol. The summed E-state index contributed by atoms with van der Waals surface area (Å²) in [5.74, 6) is -0.650. The zero-order chi connectivity index (χ0) is 19.1. The van der Waals surface area contributed by atoms with Crippen molar-refractivity contribution >= 4 is 5.97 Å². The van der Waals surface area contributed by atoms with Crippen molar-refractivity contribution in [2.45, 2.75) is 156 Å². The van der Waals surface area contributed by atoms with E-state index >= 15 is 0 Å². The lowest BCUT2D eigenvalue weighted by atomic mass is 10.0. The first-order valence-electron chi connectivity index (χ1n) is 12.0. The Bertz CT molecular complexity index is 275. The molecule has 0 atom stereocenters. The van der Waals surface area contributed by atoms with E-state index in [2.05, 4.69) is 6.92 Å². The first-order valence-corrected chi connectivity index (χ1v) is 12.0. The van der Waals surface area contributed by atoms with Crippen molar-refractivity contribution in [3.63, 3.8) is 0 Å². The second-order valence-corrected chi connectivity index (χ2v) is 8.21. The quantitative estimate of drug-likeness (QED) is 0.189. The molecule has 0 saturated carbocycles. The van der Waals surface area contributed by atoms with Gasteiger partial charge in [0.15, 0.2) is 0 Å². The van der Waals surface area contributed by atoms with Crippen LogP contribution in [0.5, 0.6) is 0 Å². The van der Waals surface area contributed by atoms with Crippen LogP contribution in [0.2, 0.25) is 0 Å². The van der Waals surface area contributed by atoms with E-state index in [-0.39, 0.29) is 7.43 Å². The second-order valence-electron chi connectivity index (χ2n) is 8.21. The van der Waals surface area contributed by atoms with Crippen molar-refractivity contribution < 1.29 is 9.90 Å². The lowest BCUT2D eigenvalue weighted by Crippen LogP contribution is -1.93. The molecule has 0 fully saturated rings. The van der Waals surface area contributed by atoms with E-state index in [1.54, 1.807) is 0 Å². The van der Waals surface area contributed by atoms with Crippen LogP contribution in [-0.2, 0) is 4.79 Å². The molecule has 164 valence electrons. The van der Waals surface area contributed by atoms with Crippen LogP contribution < -0.4 is 0 Å². The van der Waals surface area contributed by atoms with Crippen LogP contribution in [0, 0.1) is 0 Å². The number of rotatable bonds is 22. The van der Waals surface area contributed by atoms with E-state index in [0.29, 0.717) is 6.42 Å². The predicted octanol–water partition coefficient (Wildman–Crippen LogP) is 9.31. The summed E-state index contributed by atoms with van der Waals surface area (Å²) in [4.78, 5) is 10.4. The lowest BCUT2D eigenvalue weighted by molar-refractivity contribution is -0.137. The zero-order valence-corrected chi connectivity index (χ0v) is 17.9. The van der Waals surface area contributed by atoms with Crippen LogP contribution in [0.15, 0.2) is 0 Å². The fourth-order valence-corrected chi connectivity index (χ4v) is 3.71. The highest BCUT2D eigenvalue weighted by Crippen LogP contribution is 2.15. The van der Waals surface area contributed by atoms with Gasteiger partial charge in [0, 0.05) is 6.42 Å². The van der Waals surface area contributed by atoms with Crippen LogP contribution in [0.25, 0.3) is 0 Å². The first-order chi connectivity index (χ1) is 12.8. The van der Waals surface area contributed by atoms with Crippen molar-refractivity contribution in [2.24, 2.45) is 0 Å². The van der Waals surface area contributed by atoms with Crippen LogP contribution in [-0.4, -0.2) is 11.1 Å². The highest BCUT2D eigenvalue weighted by atomic mass is 16.4. The van der Waals surface area contributed by atoms with E-state index in [1.165, 1.54) is 122 Å². The van der Waals surface area contributed by atoms with Crippen LogP contribution >= 0.6 is 0 Å². The summed E-state index contributed by atoms with van der Waals surface area (Å²) >= 11 is 0. The third kappa shape index (κ3) is 27.8. The van der Waals surface area contributed by atoms with Crippen molar-refractivity contribution in [2.75, 3.05) is 0 Å². The Morgan fingerprint density at radius 2 is 0.704 bits per heavy atom. The van der Waals surface area contributed by atoms with Gasteiger partial charge in [-0.3, -0.25) is 4.79 Å². The molecule has 27 heavy (non-hydrogen) atoms. The fraction of sp³-hybridized carbons (Fsp3) is 0.960. The molecule has 0 aromatic carbocycles. The van der Waals surface area contributed by atoms with E-state index < -0.39 is 5.97 Å². The molecular formula is C25H52O2. The van der Waals surface area contributed by atoms with Crippen LogP contribution in [0.1, 0.15) is 156 Å². The first kappa shape index (κ1) is 28.7. The summed E-state index contributed by atoms with van der Waals surface area (Å²) in [5.41, 5.74) is 0. The Morgan fingerprint density at radius 1 is 0.481 bits per heavy atom. The molecule has 0 aliphatic heterocycles. The summed E-state index contributed by atoms with van der Waals surface area (Å²) in [5, 5.41) is 8.57. The maximum absolute atomic E-state index is 10.4. The minimum Gasteiger partial charge on any atom is -0.481 e. The molecular weight excluding hydrogens is 332 g/mol. The maximum atomic E-state index is 10.4. The highest BCUT2D eigenvalue weighted by Gasteiger charge is 1.97. The normalized spacial score (nSPS) is 10.7. The number of unbranched alkanes of at least 4 members (excludes halogenated alkanes) is 20. The average molecular weight is 385 g/mol. The summed E-state index contributed by atoms with van der Waals surface area (Å²) in [6.07, 6.45) is 29.1. The highest BCUT2D eigenvalue weighted by molar-refractivity contribution is 5.66. The molecule has 0 radical (unpaired) electrons. The van der Waals surface area contributed by atoms with Gasteiger partial charge < -0.3 is 5.11 Å². The van der Waals surface area contributed by atoms with Crippen molar-refractivity contribution in [3.05, 3.63) is 0 Å². The summed E-state index contributed by atoms with van der Waals surface area (Å²) in [6, 6.07) is 0. The van der Waals surface area contributed by atoms with Crippen LogP contribution in [0.3, 0.4) is 0 Å². The topological polar surface area (TPSA) is 37.3 Å². The van der Waals surface area contributed by atoms with Gasteiger partial charge in [-0.25, -0.2) is 0 Å². The fourth-order valence-electron chi connectivity index (χ4n) is 3.71. The Morgan fingerprint density at radius 3 is 0.926 bits per heavy atom. The van der Waals surface area contributed by atoms with Crippen molar-refractivity contribution in [1.29, 1.82) is 0 Å². The summed E-state index contributed by atoms with van der Waals surface area (Å²) in [7, 11) is 0. The van der Waals surface area contributed by atoms with E-state index in [1.807, 2.05) is 0 Å². The largest absolute Gasteiger partial charge is 0.481 e. The molecule has 0 heterocycles. The third-order valence-electron chi connectivity index (χ3n) is 5.49. The van der Waals surface area contributed by atoms with Gasteiger partial charge in [0.1, 0.15) is 0 Å². The van der Waals surface area contributed by atoms with Crippen LogP contribution in [0.4, 0.5) is 0 Å². The molecule has 0 saturated heterocycles. The SMILES string of the molecule is C.CCCCCCCCCCCCCCCCCCCCCCCC(=O)O. The molecule has 0 aliphatic rings. The number of carboxylic acid groups (broad SMARTS) is 1. The number of aliphatic carboxylic acids is 1. The van der Waals surface area contributed by atoms with Gasteiger partial charge in [0.25, 0.3) is 0 Å². The molecule has 0 spiro atoms. The Hall–Kier alpha value is -0.530. The smallest absolute Gasteiger partial charge is 0.303 e. The maximum Gasteiger partial charge on any atom is 0.303 e. The van der Waals surface area contributed by atoms with E-state index in [9.17, 15) is 4.79 Å². The van der Waals surface area contributed by atoms with Gasteiger partial charge in [-0.1, -0.05) is 143 Å². The summed E-state index contributed by atoms with van der Waals surface area (Å²) < 4.78 is 0. The van der Waals surface area contributed by atoms with E-state index in [0.717, 1.165) is 12.8 Å². The molecule has 0 aliphatic carbocycles. The lowest BCUT2D eigenvalue weighted by Gasteiger charge is -2.04. The van der Waals surface area contributed by atoms with Gasteiger partial charge in [0.05, 0.1) is 0 Å². The second kappa shape index (κ2) is 25.5. The number of carbonyl (C=O) groups is 1. The van der Waals surface area contributed by atoms with Crippen molar-refractivity contribution in [1.82, 2.24) is 0 Å². The average Bonchev–Trinajstić information content (AvgIpc) is 2.62. The van der Waals surface area contributed by atoms with Gasteiger partial charge >= 0.3 is 5.97 Å². The standard InChI is InChI=1S/C24H48O2.CH4/c1-2-3-4-5-6-7-8-9-10-11-12-13-14-15-16-17-18-19-20-21-22-23-24(25)26;/h2-23H2,1H3,(H,25,26);1H4. The zero-order valence-electron chi connectivity index (χ0n) is 17.9. The molecule has 0 aromatic rings. The minimum absolute atomic E-state index is 0. The molecule has 1 N–H and O–H groups in total. The monoisotopic (exact) mass is 384 g/mol. The van der Waals surface area contributed by atoms with Gasteiger partial charge in [-0.15, -0.1) is 0 Å². The Labute approximate surface area is 171 Å². The minimum atomic E-state index is -0.650. The molecule has 0 unspecified atom stereocenters. The number of carboxylic acids is 1. The Kier molecular flexibility index (Phi) is 27.1. The molecule has 0 rings (SSSR count).